The Hall–Kier alpha value is -3.30. The Kier molecular flexibility index (Phi) is 4.76. The lowest BCUT2D eigenvalue weighted by Gasteiger charge is -2.07. The SMILES string of the molecule is FC(F)(F)Oc1ccc2sc(-c3ccccc3C#Cc3ccccc3)nc2c1. The summed E-state index contributed by atoms with van der Waals surface area (Å²) in [5.41, 5.74) is 2.99. The first kappa shape index (κ1) is 18.1. The van der Waals surface area contributed by atoms with E-state index in [2.05, 4.69) is 21.6 Å². The molecular formula is C22H12F3NOS. The quantitative estimate of drug-likeness (QED) is 0.374. The highest BCUT2D eigenvalue weighted by molar-refractivity contribution is 7.21. The van der Waals surface area contributed by atoms with Gasteiger partial charge >= 0.3 is 6.36 Å². The summed E-state index contributed by atoms with van der Waals surface area (Å²) >= 11 is 1.40. The van der Waals surface area contributed by atoms with Gasteiger partial charge in [-0.25, -0.2) is 4.98 Å². The zero-order valence-corrected chi connectivity index (χ0v) is 15.1. The minimum Gasteiger partial charge on any atom is -0.406 e. The van der Waals surface area contributed by atoms with Crippen LogP contribution in [0.5, 0.6) is 5.75 Å². The van der Waals surface area contributed by atoms with Gasteiger partial charge in [-0.2, -0.15) is 0 Å². The Labute approximate surface area is 163 Å². The maximum atomic E-state index is 12.4. The fourth-order valence-electron chi connectivity index (χ4n) is 2.66. The summed E-state index contributed by atoms with van der Waals surface area (Å²) in [6, 6.07) is 21.4. The van der Waals surface area contributed by atoms with Crippen LogP contribution < -0.4 is 4.74 Å². The number of benzene rings is 3. The molecule has 6 heteroatoms. The standard InChI is InChI=1S/C22H12F3NOS/c23-22(24,25)27-17-12-13-20-19(14-17)26-21(28-20)18-9-5-4-8-16(18)11-10-15-6-2-1-3-7-15/h1-9,12-14H. The molecule has 0 unspecified atom stereocenters. The number of alkyl halides is 3. The zero-order valence-electron chi connectivity index (χ0n) is 14.3. The van der Waals surface area contributed by atoms with E-state index in [1.165, 1.54) is 23.5 Å². The fraction of sp³-hybridized carbons (Fsp3) is 0.0455. The van der Waals surface area contributed by atoms with Crippen molar-refractivity contribution in [3.05, 3.63) is 83.9 Å². The van der Waals surface area contributed by atoms with Crippen LogP contribution in [0.2, 0.25) is 0 Å². The van der Waals surface area contributed by atoms with Crippen molar-refractivity contribution in [2.24, 2.45) is 0 Å². The number of rotatable bonds is 2. The smallest absolute Gasteiger partial charge is 0.406 e. The Morgan fingerprint density at radius 3 is 2.39 bits per heavy atom. The van der Waals surface area contributed by atoms with E-state index in [-0.39, 0.29) is 5.75 Å². The second-order valence-electron chi connectivity index (χ2n) is 5.86. The Bertz CT molecular complexity index is 1190. The van der Waals surface area contributed by atoms with E-state index in [1.54, 1.807) is 6.07 Å². The first-order chi connectivity index (χ1) is 13.5. The molecule has 0 aliphatic rings. The van der Waals surface area contributed by atoms with E-state index in [1.807, 2.05) is 54.6 Å². The van der Waals surface area contributed by atoms with Crippen molar-refractivity contribution >= 4 is 21.6 Å². The second-order valence-corrected chi connectivity index (χ2v) is 6.89. The highest BCUT2D eigenvalue weighted by Crippen LogP contribution is 2.34. The molecule has 0 aliphatic heterocycles. The largest absolute Gasteiger partial charge is 0.573 e. The average molecular weight is 395 g/mol. The third kappa shape index (κ3) is 4.16. The normalized spacial score (nSPS) is 11.1. The number of ether oxygens (including phenoxy) is 1. The van der Waals surface area contributed by atoms with Crippen molar-refractivity contribution in [1.29, 1.82) is 0 Å². The molecule has 138 valence electrons. The molecule has 0 aliphatic carbocycles. The molecule has 0 radical (unpaired) electrons. The predicted octanol–water partition coefficient (Wildman–Crippen LogP) is 6.26. The molecule has 1 aromatic heterocycles. The van der Waals surface area contributed by atoms with Crippen molar-refractivity contribution in [3.8, 4) is 28.2 Å². The fourth-order valence-corrected chi connectivity index (χ4v) is 3.64. The molecule has 0 saturated carbocycles. The molecule has 4 rings (SSSR count). The molecule has 0 saturated heterocycles. The van der Waals surface area contributed by atoms with Crippen LogP contribution in [0.25, 0.3) is 20.8 Å². The van der Waals surface area contributed by atoms with Gasteiger partial charge in [0.05, 0.1) is 10.2 Å². The van der Waals surface area contributed by atoms with Gasteiger partial charge in [0.2, 0.25) is 0 Å². The number of halogens is 3. The minimum absolute atomic E-state index is 0.283. The summed E-state index contributed by atoms with van der Waals surface area (Å²) in [6.45, 7) is 0. The number of hydrogen-bond acceptors (Lipinski definition) is 3. The number of fused-ring (bicyclic) bond motifs is 1. The highest BCUT2D eigenvalue weighted by atomic mass is 32.1. The second kappa shape index (κ2) is 7.37. The van der Waals surface area contributed by atoms with Crippen LogP contribution in [0.4, 0.5) is 13.2 Å². The zero-order chi connectivity index (χ0) is 19.6. The molecule has 0 bridgehead atoms. The molecule has 0 fully saturated rings. The lowest BCUT2D eigenvalue weighted by molar-refractivity contribution is -0.274. The summed E-state index contributed by atoms with van der Waals surface area (Å²) in [6.07, 6.45) is -4.73. The maximum absolute atomic E-state index is 12.4. The van der Waals surface area contributed by atoms with Gasteiger partial charge < -0.3 is 4.74 Å². The number of nitrogens with zero attached hydrogens (tertiary/aromatic N) is 1. The van der Waals surface area contributed by atoms with Crippen LogP contribution in [0, 0.1) is 11.8 Å². The first-order valence-electron chi connectivity index (χ1n) is 8.31. The molecule has 4 aromatic rings. The average Bonchev–Trinajstić information content (AvgIpc) is 3.09. The lowest BCUT2D eigenvalue weighted by Crippen LogP contribution is -2.16. The first-order valence-corrected chi connectivity index (χ1v) is 9.12. The summed E-state index contributed by atoms with van der Waals surface area (Å²) in [7, 11) is 0. The molecule has 0 atom stereocenters. The third-order valence-electron chi connectivity index (χ3n) is 3.87. The minimum atomic E-state index is -4.73. The molecule has 0 spiro atoms. The topological polar surface area (TPSA) is 22.1 Å². The van der Waals surface area contributed by atoms with Crippen LogP contribution in [0.15, 0.2) is 72.8 Å². The van der Waals surface area contributed by atoms with Crippen molar-refractivity contribution in [2.75, 3.05) is 0 Å². The van der Waals surface area contributed by atoms with Crippen molar-refractivity contribution in [2.45, 2.75) is 6.36 Å². The number of thiazole rings is 1. The van der Waals surface area contributed by atoms with Crippen LogP contribution in [-0.4, -0.2) is 11.3 Å². The van der Waals surface area contributed by atoms with Gasteiger partial charge in [-0.05, 0) is 30.3 Å². The van der Waals surface area contributed by atoms with Crippen molar-refractivity contribution in [1.82, 2.24) is 4.98 Å². The van der Waals surface area contributed by atoms with Gasteiger partial charge in [-0.15, -0.1) is 24.5 Å². The van der Waals surface area contributed by atoms with Crippen LogP contribution >= 0.6 is 11.3 Å². The summed E-state index contributed by atoms with van der Waals surface area (Å²) < 4.78 is 42.1. The Balaban J connectivity index is 1.72. The maximum Gasteiger partial charge on any atom is 0.573 e. The summed E-state index contributed by atoms with van der Waals surface area (Å²) in [5, 5.41) is 0.692. The van der Waals surface area contributed by atoms with E-state index in [0.717, 1.165) is 21.4 Å². The summed E-state index contributed by atoms with van der Waals surface area (Å²) in [4.78, 5) is 4.49. The van der Waals surface area contributed by atoms with Gasteiger partial charge in [0.15, 0.2) is 0 Å². The Morgan fingerprint density at radius 1 is 0.857 bits per heavy atom. The van der Waals surface area contributed by atoms with Crippen LogP contribution in [0.1, 0.15) is 11.1 Å². The van der Waals surface area contributed by atoms with E-state index in [4.69, 9.17) is 0 Å². The van der Waals surface area contributed by atoms with E-state index in [0.29, 0.717) is 10.5 Å². The number of aromatic nitrogens is 1. The van der Waals surface area contributed by atoms with Gasteiger partial charge in [-0.3, -0.25) is 0 Å². The molecule has 1 heterocycles. The molecule has 0 N–H and O–H groups in total. The molecule has 28 heavy (non-hydrogen) atoms. The van der Waals surface area contributed by atoms with Crippen molar-refractivity contribution < 1.29 is 17.9 Å². The molecule has 3 aromatic carbocycles. The van der Waals surface area contributed by atoms with Gasteiger partial charge in [0.1, 0.15) is 10.8 Å². The Morgan fingerprint density at radius 2 is 1.61 bits per heavy atom. The van der Waals surface area contributed by atoms with E-state index < -0.39 is 6.36 Å². The monoisotopic (exact) mass is 395 g/mol. The third-order valence-corrected chi connectivity index (χ3v) is 4.94. The predicted molar refractivity (Wildman–Crippen MR) is 104 cm³/mol. The van der Waals surface area contributed by atoms with Gasteiger partial charge in [-0.1, -0.05) is 48.2 Å². The highest BCUT2D eigenvalue weighted by Gasteiger charge is 2.31. The molecule has 0 amide bonds. The van der Waals surface area contributed by atoms with Crippen LogP contribution in [-0.2, 0) is 0 Å². The molecular weight excluding hydrogens is 383 g/mol. The lowest BCUT2D eigenvalue weighted by atomic mass is 10.1. The van der Waals surface area contributed by atoms with E-state index in [9.17, 15) is 13.2 Å². The number of hydrogen-bond donors (Lipinski definition) is 0. The molecule has 2 nitrogen and oxygen atoms in total. The van der Waals surface area contributed by atoms with Gasteiger partial charge in [0, 0.05) is 22.8 Å². The van der Waals surface area contributed by atoms with E-state index >= 15 is 0 Å². The summed E-state index contributed by atoms with van der Waals surface area (Å²) in [5.74, 6) is 6.00. The van der Waals surface area contributed by atoms with Crippen LogP contribution in [0.3, 0.4) is 0 Å². The van der Waals surface area contributed by atoms with Crippen molar-refractivity contribution in [3.63, 3.8) is 0 Å². The van der Waals surface area contributed by atoms with Gasteiger partial charge in [0.25, 0.3) is 0 Å².